The van der Waals surface area contributed by atoms with Gasteiger partial charge in [0.05, 0.1) is 0 Å². The fraction of sp³-hybridized carbons (Fsp3) is 0.529. The third-order valence-corrected chi connectivity index (χ3v) is 2.96. The number of allylic oxidation sites excluding steroid dienone is 1. The Morgan fingerprint density at radius 1 is 1.28 bits per heavy atom. The minimum absolute atomic E-state index is 0. The fourth-order valence-corrected chi connectivity index (χ4v) is 2.17. The third kappa shape index (κ3) is 4.66. The van der Waals surface area contributed by atoms with E-state index in [4.69, 9.17) is 0 Å². The zero-order valence-electron chi connectivity index (χ0n) is 11.4. The van der Waals surface area contributed by atoms with Crippen molar-refractivity contribution in [3.05, 3.63) is 41.5 Å². The number of nitrogens with one attached hydrogen (secondary N) is 1. The van der Waals surface area contributed by atoms with E-state index < -0.39 is 0 Å². The van der Waals surface area contributed by atoms with Gasteiger partial charge in [0.15, 0.2) is 0 Å². The highest BCUT2D eigenvalue weighted by Crippen LogP contribution is 2.26. The van der Waals surface area contributed by atoms with Gasteiger partial charge in [0.1, 0.15) is 0 Å². The van der Waals surface area contributed by atoms with Gasteiger partial charge in [-0.25, -0.2) is 0 Å². The topological polar surface area (TPSA) is 12.0 Å². The Bertz CT molecular complexity index is 335. The molecule has 1 heteroatoms. The highest BCUT2D eigenvalue weighted by molar-refractivity contribution is 5.54. The van der Waals surface area contributed by atoms with E-state index in [1.807, 2.05) is 13.8 Å². The second-order valence-electron chi connectivity index (χ2n) is 4.09. The van der Waals surface area contributed by atoms with E-state index in [9.17, 15) is 0 Å². The molecule has 0 radical (unpaired) electrons. The van der Waals surface area contributed by atoms with Crippen LogP contribution in [-0.4, -0.2) is 6.54 Å². The Morgan fingerprint density at radius 3 is 2.61 bits per heavy atom. The average molecular weight is 247 g/mol. The SMILES string of the molecule is C.CC.CC/C=C/c1ccccc1C1CCCN1. The molecule has 0 saturated carbocycles. The van der Waals surface area contributed by atoms with Crippen molar-refractivity contribution < 1.29 is 0 Å². The molecule has 1 N–H and O–H groups in total. The molecule has 2 rings (SSSR count). The number of benzene rings is 1. The van der Waals surface area contributed by atoms with Crippen LogP contribution in [0.4, 0.5) is 0 Å². The summed E-state index contributed by atoms with van der Waals surface area (Å²) >= 11 is 0. The predicted molar refractivity (Wildman–Crippen MR) is 83.8 cm³/mol. The average Bonchev–Trinajstić information content (AvgIpc) is 2.93. The van der Waals surface area contributed by atoms with Gasteiger partial charge in [-0.15, -0.1) is 0 Å². The molecule has 102 valence electrons. The van der Waals surface area contributed by atoms with Crippen molar-refractivity contribution in [2.45, 2.75) is 53.5 Å². The maximum atomic E-state index is 3.56. The van der Waals surface area contributed by atoms with Crippen LogP contribution >= 0.6 is 0 Å². The van der Waals surface area contributed by atoms with Gasteiger partial charge in [-0.1, -0.05) is 64.6 Å². The van der Waals surface area contributed by atoms with Crippen LogP contribution in [0.5, 0.6) is 0 Å². The molecule has 1 aliphatic rings. The lowest BCUT2D eigenvalue weighted by atomic mass is 9.99. The molecule has 0 amide bonds. The van der Waals surface area contributed by atoms with E-state index in [-0.39, 0.29) is 7.43 Å². The summed E-state index contributed by atoms with van der Waals surface area (Å²) in [6.07, 6.45) is 8.16. The van der Waals surface area contributed by atoms with E-state index in [2.05, 4.69) is 48.7 Å². The Labute approximate surface area is 113 Å². The molecule has 1 nitrogen and oxygen atoms in total. The lowest BCUT2D eigenvalue weighted by Gasteiger charge is -2.13. The molecule has 0 aliphatic carbocycles. The lowest BCUT2D eigenvalue weighted by molar-refractivity contribution is 0.646. The molecule has 1 atom stereocenters. The van der Waals surface area contributed by atoms with Crippen LogP contribution in [0, 0.1) is 0 Å². The minimum atomic E-state index is 0. The maximum absolute atomic E-state index is 3.56. The zero-order chi connectivity index (χ0) is 12.5. The van der Waals surface area contributed by atoms with Gasteiger partial charge >= 0.3 is 0 Å². The molecule has 1 aromatic rings. The number of hydrogen-bond acceptors (Lipinski definition) is 1. The summed E-state index contributed by atoms with van der Waals surface area (Å²) in [5.41, 5.74) is 2.83. The van der Waals surface area contributed by atoms with E-state index in [1.54, 1.807) is 0 Å². The molecule has 1 saturated heterocycles. The molecule has 0 spiro atoms. The molecule has 1 aromatic carbocycles. The van der Waals surface area contributed by atoms with Crippen LogP contribution in [-0.2, 0) is 0 Å². The van der Waals surface area contributed by atoms with Crippen molar-refractivity contribution in [3.63, 3.8) is 0 Å². The highest BCUT2D eigenvalue weighted by atomic mass is 14.9. The molecular weight excluding hydrogens is 218 g/mol. The minimum Gasteiger partial charge on any atom is -0.310 e. The lowest BCUT2D eigenvalue weighted by Crippen LogP contribution is -2.13. The fourth-order valence-electron chi connectivity index (χ4n) is 2.17. The third-order valence-electron chi connectivity index (χ3n) is 2.96. The summed E-state index contributed by atoms with van der Waals surface area (Å²) in [4.78, 5) is 0. The zero-order valence-corrected chi connectivity index (χ0v) is 11.4. The normalized spacial score (nSPS) is 18.1. The monoisotopic (exact) mass is 247 g/mol. The molecule has 1 aliphatic heterocycles. The Hall–Kier alpha value is -1.08. The van der Waals surface area contributed by atoms with Gasteiger partial charge in [0.2, 0.25) is 0 Å². The second-order valence-corrected chi connectivity index (χ2v) is 4.09. The quantitative estimate of drug-likeness (QED) is 0.774. The van der Waals surface area contributed by atoms with Gasteiger partial charge in [-0.2, -0.15) is 0 Å². The van der Waals surface area contributed by atoms with Gasteiger partial charge in [-0.3, -0.25) is 0 Å². The smallest absolute Gasteiger partial charge is 0.0326 e. The van der Waals surface area contributed by atoms with E-state index in [1.165, 1.54) is 24.0 Å². The van der Waals surface area contributed by atoms with Gasteiger partial charge in [0.25, 0.3) is 0 Å². The molecule has 1 unspecified atom stereocenters. The Balaban J connectivity index is 0.000000917. The predicted octanol–water partition coefficient (Wildman–Crippen LogP) is 5.20. The molecular formula is C17H29N. The first-order valence-electron chi connectivity index (χ1n) is 6.90. The van der Waals surface area contributed by atoms with Crippen LogP contribution in [0.15, 0.2) is 30.3 Å². The Kier molecular flexibility index (Phi) is 9.31. The molecule has 18 heavy (non-hydrogen) atoms. The van der Waals surface area contributed by atoms with E-state index >= 15 is 0 Å². The molecule has 1 heterocycles. The van der Waals surface area contributed by atoms with Crippen LogP contribution in [0.3, 0.4) is 0 Å². The van der Waals surface area contributed by atoms with Crippen LogP contribution in [0.25, 0.3) is 6.08 Å². The summed E-state index contributed by atoms with van der Waals surface area (Å²) < 4.78 is 0. The van der Waals surface area contributed by atoms with Crippen LogP contribution in [0.2, 0.25) is 0 Å². The van der Waals surface area contributed by atoms with Crippen molar-refractivity contribution in [2.75, 3.05) is 6.54 Å². The van der Waals surface area contributed by atoms with Crippen molar-refractivity contribution in [3.8, 4) is 0 Å². The summed E-state index contributed by atoms with van der Waals surface area (Å²) in [5.74, 6) is 0. The van der Waals surface area contributed by atoms with Gasteiger partial charge < -0.3 is 5.32 Å². The summed E-state index contributed by atoms with van der Waals surface area (Å²) in [5, 5.41) is 3.56. The first-order chi connectivity index (χ1) is 8.42. The van der Waals surface area contributed by atoms with Crippen molar-refractivity contribution in [2.24, 2.45) is 0 Å². The summed E-state index contributed by atoms with van der Waals surface area (Å²) in [7, 11) is 0. The first kappa shape index (κ1) is 16.9. The van der Waals surface area contributed by atoms with Crippen LogP contribution in [0.1, 0.15) is 64.6 Å². The Morgan fingerprint density at radius 2 is 2.00 bits per heavy atom. The van der Waals surface area contributed by atoms with Gasteiger partial charge in [0, 0.05) is 6.04 Å². The van der Waals surface area contributed by atoms with E-state index in [0.717, 1.165) is 13.0 Å². The van der Waals surface area contributed by atoms with Gasteiger partial charge in [-0.05, 0) is 36.9 Å². The number of rotatable bonds is 3. The summed E-state index contributed by atoms with van der Waals surface area (Å²) in [6, 6.07) is 9.29. The molecule has 0 aromatic heterocycles. The molecule has 1 fully saturated rings. The maximum Gasteiger partial charge on any atom is 0.0326 e. The van der Waals surface area contributed by atoms with Crippen molar-refractivity contribution in [1.29, 1.82) is 0 Å². The number of hydrogen-bond donors (Lipinski definition) is 1. The van der Waals surface area contributed by atoms with Crippen LogP contribution < -0.4 is 5.32 Å². The van der Waals surface area contributed by atoms with Crippen molar-refractivity contribution >= 4 is 6.08 Å². The second kappa shape index (κ2) is 9.90. The summed E-state index contributed by atoms with van der Waals surface area (Å²) in [6.45, 7) is 7.34. The largest absolute Gasteiger partial charge is 0.310 e. The highest BCUT2D eigenvalue weighted by Gasteiger charge is 2.17. The first-order valence-corrected chi connectivity index (χ1v) is 6.90. The standard InChI is InChI=1S/C14H19N.C2H6.CH4/c1-2-3-7-12-8-4-5-9-13(12)14-10-6-11-15-14;1-2;/h3-5,7-9,14-15H,2,6,10-11H2,1H3;1-2H3;1H4/b7-3+;;. The molecule has 0 bridgehead atoms. The van der Waals surface area contributed by atoms with Crippen molar-refractivity contribution in [1.82, 2.24) is 5.32 Å². The van der Waals surface area contributed by atoms with E-state index in [0.29, 0.717) is 6.04 Å².